The highest BCUT2D eigenvalue weighted by atomic mass is 32.2. The lowest BCUT2D eigenvalue weighted by Crippen LogP contribution is -2.12. The van der Waals surface area contributed by atoms with Crippen LogP contribution in [0.4, 0.5) is 0 Å². The van der Waals surface area contributed by atoms with Crippen molar-refractivity contribution < 1.29 is 29.3 Å². The van der Waals surface area contributed by atoms with E-state index in [1.165, 1.54) is 10.5 Å². The van der Waals surface area contributed by atoms with E-state index in [9.17, 15) is 0 Å². The molecule has 0 radical (unpaired) electrons. The highest BCUT2D eigenvalue weighted by Gasteiger charge is 2.04. The molecule has 27 heavy (non-hydrogen) atoms. The molecule has 0 spiro atoms. The molecule has 2 rings (SSSR count). The number of thioether (sulfide) groups is 1. The van der Waals surface area contributed by atoms with Crippen molar-refractivity contribution in [2.75, 3.05) is 20.5 Å². The Morgan fingerprint density at radius 2 is 1.37 bits per heavy atom. The topological polar surface area (TPSA) is 105 Å². The molecule has 0 atom stereocenters. The second kappa shape index (κ2) is 11.8. The summed E-state index contributed by atoms with van der Waals surface area (Å²) in [6, 6.07) is 14.5. The van der Waals surface area contributed by atoms with Crippen LogP contribution in [0.1, 0.15) is 11.1 Å². The lowest BCUT2D eigenvalue weighted by Gasteiger charge is -2.10. The first-order chi connectivity index (χ1) is 12.9. The summed E-state index contributed by atoms with van der Waals surface area (Å²) < 4.78 is 10.6. The van der Waals surface area contributed by atoms with Gasteiger partial charge in [-0.15, -0.1) is 11.8 Å². The van der Waals surface area contributed by atoms with Crippen LogP contribution >= 0.6 is 11.8 Å². The number of hydrogen-bond acceptors (Lipinski definition) is 6. The number of methoxy groups -OCH3 is 2. The minimum Gasteiger partial charge on any atom is -0.497 e. The van der Waals surface area contributed by atoms with E-state index in [0.717, 1.165) is 30.2 Å². The zero-order valence-corrected chi connectivity index (χ0v) is 16.2. The van der Waals surface area contributed by atoms with E-state index in [1.54, 1.807) is 26.0 Å². The summed E-state index contributed by atoms with van der Waals surface area (Å²) in [5, 5.41) is 18.2. The smallest absolute Gasteiger partial charge is 0.414 e. The third-order valence-corrected chi connectivity index (χ3v) is 4.16. The number of carbonyl (C=O) groups is 2. The molecule has 0 aromatic heterocycles. The summed E-state index contributed by atoms with van der Waals surface area (Å²) in [6.45, 7) is 1.62. The van der Waals surface area contributed by atoms with Gasteiger partial charge in [0.1, 0.15) is 11.5 Å². The largest absolute Gasteiger partial charge is 0.497 e. The first-order valence-electron chi connectivity index (χ1n) is 7.91. The van der Waals surface area contributed by atoms with Crippen LogP contribution in [-0.4, -0.2) is 42.6 Å². The van der Waals surface area contributed by atoms with Gasteiger partial charge in [-0.25, -0.2) is 9.59 Å². The second-order valence-corrected chi connectivity index (χ2v) is 6.16. The third kappa shape index (κ3) is 8.48. The van der Waals surface area contributed by atoms with Gasteiger partial charge in [0.15, 0.2) is 0 Å². The summed E-state index contributed by atoms with van der Waals surface area (Å²) in [5.74, 6) is -2.02. The van der Waals surface area contributed by atoms with Crippen LogP contribution < -0.4 is 14.8 Å². The lowest BCUT2D eigenvalue weighted by molar-refractivity contribution is -0.159. The molecule has 2 aromatic carbocycles. The van der Waals surface area contributed by atoms with Gasteiger partial charge in [-0.3, -0.25) is 0 Å². The lowest BCUT2D eigenvalue weighted by atomic mass is 10.2. The van der Waals surface area contributed by atoms with Gasteiger partial charge in [-0.2, -0.15) is 0 Å². The standard InChI is InChI=1S/C17H21NO2S.C2H2O4/c1-19-15-8-14(9-16(10-15)20-2)12-18-11-13-4-6-17(21-3)7-5-13;3-1(4)2(5)6/h4-10,18H,11-12H2,1-3H3;(H,3,4)(H,5,6). The Morgan fingerprint density at radius 3 is 1.78 bits per heavy atom. The van der Waals surface area contributed by atoms with Gasteiger partial charge in [-0.05, 0) is 41.6 Å². The first-order valence-corrected chi connectivity index (χ1v) is 9.13. The van der Waals surface area contributed by atoms with Crippen LogP contribution in [0.25, 0.3) is 0 Å². The molecular weight excluding hydrogens is 370 g/mol. The molecule has 3 N–H and O–H groups in total. The Balaban J connectivity index is 0.000000527. The molecule has 0 aliphatic heterocycles. The van der Waals surface area contributed by atoms with E-state index in [4.69, 9.17) is 29.3 Å². The molecule has 0 fully saturated rings. The van der Waals surface area contributed by atoms with Crippen LogP contribution in [0.2, 0.25) is 0 Å². The van der Waals surface area contributed by atoms with Gasteiger partial charge in [-0.1, -0.05) is 12.1 Å². The molecule has 0 saturated heterocycles. The van der Waals surface area contributed by atoms with E-state index < -0.39 is 11.9 Å². The van der Waals surface area contributed by atoms with Gasteiger partial charge in [0.2, 0.25) is 0 Å². The normalized spacial score (nSPS) is 9.74. The third-order valence-electron chi connectivity index (χ3n) is 3.41. The molecule has 0 amide bonds. The van der Waals surface area contributed by atoms with E-state index in [0.29, 0.717) is 0 Å². The number of carboxylic acids is 2. The quantitative estimate of drug-likeness (QED) is 0.487. The van der Waals surface area contributed by atoms with Crippen molar-refractivity contribution in [3.63, 3.8) is 0 Å². The predicted octanol–water partition coefficient (Wildman–Crippen LogP) is 2.87. The highest BCUT2D eigenvalue weighted by Crippen LogP contribution is 2.22. The van der Waals surface area contributed by atoms with Crippen LogP contribution in [0.15, 0.2) is 47.4 Å². The number of hydrogen-bond donors (Lipinski definition) is 3. The minimum atomic E-state index is -1.82. The molecule has 0 saturated carbocycles. The van der Waals surface area contributed by atoms with E-state index in [2.05, 4.69) is 35.8 Å². The first kappa shape index (κ1) is 22.3. The molecule has 146 valence electrons. The predicted molar refractivity (Wildman–Crippen MR) is 104 cm³/mol. The van der Waals surface area contributed by atoms with Crippen molar-refractivity contribution in [3.8, 4) is 11.5 Å². The van der Waals surface area contributed by atoms with Crippen molar-refractivity contribution in [2.24, 2.45) is 0 Å². The van der Waals surface area contributed by atoms with E-state index in [1.807, 2.05) is 18.2 Å². The van der Waals surface area contributed by atoms with Crippen molar-refractivity contribution >= 4 is 23.7 Å². The zero-order chi connectivity index (χ0) is 20.2. The molecule has 0 aliphatic carbocycles. The maximum Gasteiger partial charge on any atom is 0.414 e. The number of nitrogens with one attached hydrogen (secondary N) is 1. The summed E-state index contributed by atoms with van der Waals surface area (Å²) in [4.78, 5) is 19.5. The zero-order valence-electron chi connectivity index (χ0n) is 15.4. The van der Waals surface area contributed by atoms with Crippen molar-refractivity contribution in [1.29, 1.82) is 0 Å². The molecule has 7 nitrogen and oxygen atoms in total. The SMILES string of the molecule is COc1cc(CNCc2ccc(SC)cc2)cc(OC)c1.O=C(O)C(=O)O. The highest BCUT2D eigenvalue weighted by molar-refractivity contribution is 7.98. The second-order valence-electron chi connectivity index (χ2n) is 5.28. The summed E-state index contributed by atoms with van der Waals surface area (Å²) in [5.41, 5.74) is 2.43. The monoisotopic (exact) mass is 393 g/mol. The number of carboxylic acid groups (broad SMARTS) is 2. The van der Waals surface area contributed by atoms with Crippen LogP contribution in [0, 0.1) is 0 Å². The summed E-state index contributed by atoms with van der Waals surface area (Å²) >= 11 is 1.76. The average Bonchev–Trinajstić information content (AvgIpc) is 2.68. The Bertz CT molecular complexity index is 714. The Labute approximate surface area is 162 Å². The van der Waals surface area contributed by atoms with Crippen molar-refractivity contribution in [3.05, 3.63) is 53.6 Å². The molecule has 0 aliphatic rings. The molecule has 0 heterocycles. The maximum atomic E-state index is 9.10. The average molecular weight is 393 g/mol. The van der Waals surface area contributed by atoms with Crippen molar-refractivity contribution in [2.45, 2.75) is 18.0 Å². The van der Waals surface area contributed by atoms with Crippen molar-refractivity contribution in [1.82, 2.24) is 5.32 Å². The van der Waals surface area contributed by atoms with Crippen LogP contribution in [0.3, 0.4) is 0 Å². The molecular formula is C19H23NO6S. The van der Waals surface area contributed by atoms with Gasteiger partial charge in [0.05, 0.1) is 14.2 Å². The molecule has 0 unspecified atom stereocenters. The maximum absolute atomic E-state index is 9.10. The molecule has 2 aromatic rings. The Morgan fingerprint density at radius 1 is 0.889 bits per heavy atom. The fourth-order valence-electron chi connectivity index (χ4n) is 2.06. The number of ether oxygens (including phenoxy) is 2. The summed E-state index contributed by atoms with van der Waals surface area (Å²) in [6.07, 6.45) is 2.09. The van der Waals surface area contributed by atoms with Gasteiger partial charge < -0.3 is 25.0 Å². The molecule has 0 bridgehead atoms. The number of rotatable bonds is 7. The van der Waals surface area contributed by atoms with E-state index >= 15 is 0 Å². The number of benzene rings is 2. The van der Waals surface area contributed by atoms with E-state index in [-0.39, 0.29) is 0 Å². The Hall–Kier alpha value is -2.71. The summed E-state index contributed by atoms with van der Waals surface area (Å²) in [7, 11) is 3.33. The minimum absolute atomic E-state index is 0.776. The van der Waals surface area contributed by atoms with Crippen LogP contribution in [0.5, 0.6) is 11.5 Å². The van der Waals surface area contributed by atoms with Gasteiger partial charge >= 0.3 is 11.9 Å². The molecule has 8 heteroatoms. The van der Waals surface area contributed by atoms with Gasteiger partial charge in [0.25, 0.3) is 0 Å². The fraction of sp³-hybridized carbons (Fsp3) is 0.263. The number of aliphatic carboxylic acids is 2. The van der Waals surface area contributed by atoms with Crippen LogP contribution in [-0.2, 0) is 22.7 Å². The van der Waals surface area contributed by atoms with Gasteiger partial charge in [0, 0.05) is 24.1 Å². The Kier molecular flexibility index (Phi) is 9.78. The fourth-order valence-corrected chi connectivity index (χ4v) is 2.47.